The summed E-state index contributed by atoms with van der Waals surface area (Å²) in [5, 5.41) is 15.1. The lowest BCUT2D eigenvalue weighted by Crippen LogP contribution is -2.41. The number of aldehydes is 1. The molecule has 3 N–H and O–H groups in total. The second kappa shape index (κ2) is 3.06. The van der Waals surface area contributed by atoms with Gasteiger partial charge in [-0.1, -0.05) is 6.07 Å². The predicted molar refractivity (Wildman–Crippen MR) is 48.4 cm³/mol. The number of nitrogens with one attached hydrogen (secondary N) is 2. The van der Waals surface area contributed by atoms with E-state index in [0.29, 0.717) is 6.54 Å². The highest BCUT2D eigenvalue weighted by Gasteiger charge is 2.15. The van der Waals surface area contributed by atoms with E-state index in [0.717, 1.165) is 17.5 Å². The van der Waals surface area contributed by atoms with Crippen LogP contribution in [0.5, 0.6) is 5.75 Å². The molecule has 0 fully saturated rings. The summed E-state index contributed by atoms with van der Waals surface area (Å²) in [6.07, 6.45) is 0.446. The fraction of sp³-hybridized carbons (Fsp3) is 0.222. The number of carbonyl (C=O) groups is 1. The van der Waals surface area contributed by atoms with E-state index in [1.165, 1.54) is 0 Å². The first-order chi connectivity index (χ1) is 6.29. The molecule has 0 saturated carbocycles. The highest BCUT2D eigenvalue weighted by atomic mass is 16.3. The molecular formula is C9H10N2O2. The van der Waals surface area contributed by atoms with Crippen LogP contribution < -0.4 is 10.6 Å². The molecule has 1 atom stereocenters. The van der Waals surface area contributed by atoms with Gasteiger partial charge in [0, 0.05) is 18.3 Å². The van der Waals surface area contributed by atoms with E-state index in [9.17, 15) is 9.90 Å². The fourth-order valence-electron chi connectivity index (χ4n) is 1.37. The Hall–Kier alpha value is -1.55. The Morgan fingerprint density at radius 1 is 1.54 bits per heavy atom. The smallest absolute Gasteiger partial charge is 0.157 e. The second-order valence-electron chi connectivity index (χ2n) is 2.98. The minimum atomic E-state index is -0.353. The molecular weight excluding hydrogens is 168 g/mol. The van der Waals surface area contributed by atoms with E-state index in [1.54, 1.807) is 12.1 Å². The van der Waals surface area contributed by atoms with E-state index in [1.807, 2.05) is 6.07 Å². The molecule has 1 aromatic carbocycles. The van der Waals surface area contributed by atoms with Gasteiger partial charge < -0.3 is 10.4 Å². The number of phenolic OH excluding ortho intramolecular Hbond substituents is 1. The van der Waals surface area contributed by atoms with Crippen LogP contribution in [-0.2, 0) is 11.3 Å². The van der Waals surface area contributed by atoms with Gasteiger partial charge >= 0.3 is 0 Å². The number of fused-ring (bicyclic) bond motifs is 1. The molecule has 1 heterocycles. The minimum Gasteiger partial charge on any atom is -0.508 e. The van der Waals surface area contributed by atoms with Gasteiger partial charge in [-0.2, -0.15) is 0 Å². The molecule has 68 valence electrons. The third kappa shape index (κ3) is 1.48. The number of hydrogen-bond donors (Lipinski definition) is 3. The number of anilines is 1. The maximum atomic E-state index is 10.5. The molecule has 0 spiro atoms. The molecule has 1 aliphatic heterocycles. The van der Waals surface area contributed by atoms with Crippen molar-refractivity contribution in [3.8, 4) is 5.75 Å². The summed E-state index contributed by atoms with van der Waals surface area (Å²) in [6.45, 7) is 0.645. The monoisotopic (exact) mass is 178 g/mol. The first-order valence-electron chi connectivity index (χ1n) is 4.07. The van der Waals surface area contributed by atoms with Gasteiger partial charge in [0.1, 0.15) is 11.9 Å². The van der Waals surface area contributed by atoms with Crippen LogP contribution in [0.15, 0.2) is 18.2 Å². The number of phenols is 1. The van der Waals surface area contributed by atoms with Gasteiger partial charge in [-0.05, 0) is 11.6 Å². The molecule has 0 bridgehead atoms. The average Bonchev–Trinajstić information content (AvgIpc) is 2.16. The summed E-state index contributed by atoms with van der Waals surface area (Å²) < 4.78 is 0. The van der Waals surface area contributed by atoms with Gasteiger partial charge in [0.15, 0.2) is 6.29 Å². The van der Waals surface area contributed by atoms with Gasteiger partial charge in [-0.25, -0.2) is 0 Å². The third-order valence-electron chi connectivity index (χ3n) is 2.05. The van der Waals surface area contributed by atoms with Crippen molar-refractivity contribution >= 4 is 12.0 Å². The molecule has 13 heavy (non-hydrogen) atoms. The summed E-state index contributed by atoms with van der Waals surface area (Å²) in [6, 6.07) is 5.07. The van der Waals surface area contributed by atoms with E-state index in [-0.39, 0.29) is 11.9 Å². The van der Waals surface area contributed by atoms with Crippen molar-refractivity contribution in [1.82, 2.24) is 5.32 Å². The number of carbonyl (C=O) groups excluding carboxylic acids is 1. The van der Waals surface area contributed by atoms with Crippen molar-refractivity contribution < 1.29 is 9.90 Å². The van der Waals surface area contributed by atoms with Gasteiger partial charge in [0.2, 0.25) is 0 Å². The Bertz CT molecular complexity index is 338. The zero-order valence-corrected chi connectivity index (χ0v) is 6.95. The van der Waals surface area contributed by atoms with Gasteiger partial charge in [0.05, 0.1) is 0 Å². The van der Waals surface area contributed by atoms with Crippen molar-refractivity contribution in [2.45, 2.75) is 12.7 Å². The molecule has 0 aromatic heterocycles. The summed E-state index contributed by atoms with van der Waals surface area (Å²) in [5.41, 5.74) is 1.87. The zero-order valence-electron chi connectivity index (χ0n) is 6.95. The minimum absolute atomic E-state index is 0.206. The first-order valence-corrected chi connectivity index (χ1v) is 4.07. The van der Waals surface area contributed by atoms with Crippen LogP contribution in [0.25, 0.3) is 0 Å². The highest BCUT2D eigenvalue weighted by molar-refractivity contribution is 5.68. The summed E-state index contributed by atoms with van der Waals surface area (Å²) >= 11 is 0. The van der Waals surface area contributed by atoms with E-state index < -0.39 is 0 Å². The fourth-order valence-corrected chi connectivity index (χ4v) is 1.37. The second-order valence-corrected chi connectivity index (χ2v) is 2.98. The Kier molecular flexibility index (Phi) is 1.90. The van der Waals surface area contributed by atoms with E-state index in [4.69, 9.17) is 0 Å². The lowest BCUT2D eigenvalue weighted by molar-refractivity contribution is -0.109. The molecule has 1 aromatic rings. The number of hydrogen-bond acceptors (Lipinski definition) is 4. The van der Waals surface area contributed by atoms with E-state index >= 15 is 0 Å². The predicted octanol–water partition coefficient (Wildman–Crippen LogP) is 0.432. The SMILES string of the molecule is O=CC1NCc2ccc(O)cc2N1. The first kappa shape index (κ1) is 8.07. The van der Waals surface area contributed by atoms with Crippen LogP contribution in [0.1, 0.15) is 5.56 Å². The molecule has 2 rings (SSSR count). The van der Waals surface area contributed by atoms with Crippen LogP contribution in [0.2, 0.25) is 0 Å². The normalized spacial score (nSPS) is 20.2. The molecule has 0 amide bonds. The lowest BCUT2D eigenvalue weighted by atomic mass is 10.1. The van der Waals surface area contributed by atoms with Crippen LogP contribution >= 0.6 is 0 Å². The van der Waals surface area contributed by atoms with Crippen LogP contribution in [0.3, 0.4) is 0 Å². The summed E-state index contributed by atoms with van der Waals surface area (Å²) in [5.74, 6) is 0.206. The molecule has 1 unspecified atom stereocenters. The number of rotatable bonds is 1. The topological polar surface area (TPSA) is 61.4 Å². The maximum Gasteiger partial charge on any atom is 0.157 e. The van der Waals surface area contributed by atoms with E-state index in [2.05, 4.69) is 10.6 Å². The number of aromatic hydroxyl groups is 1. The van der Waals surface area contributed by atoms with Crippen molar-refractivity contribution in [1.29, 1.82) is 0 Å². The zero-order chi connectivity index (χ0) is 9.26. The van der Waals surface area contributed by atoms with Crippen molar-refractivity contribution in [2.24, 2.45) is 0 Å². The maximum absolute atomic E-state index is 10.5. The summed E-state index contributed by atoms with van der Waals surface area (Å²) in [4.78, 5) is 10.5. The largest absolute Gasteiger partial charge is 0.508 e. The summed E-state index contributed by atoms with van der Waals surface area (Å²) in [7, 11) is 0. The quantitative estimate of drug-likeness (QED) is 0.546. The Morgan fingerprint density at radius 3 is 3.15 bits per heavy atom. The third-order valence-corrected chi connectivity index (χ3v) is 2.05. The lowest BCUT2D eigenvalue weighted by Gasteiger charge is -2.24. The molecule has 4 heteroatoms. The van der Waals surface area contributed by atoms with Gasteiger partial charge in [-0.15, -0.1) is 0 Å². The Labute approximate surface area is 75.6 Å². The van der Waals surface area contributed by atoms with Crippen LogP contribution in [0, 0.1) is 0 Å². The van der Waals surface area contributed by atoms with Crippen molar-refractivity contribution in [3.63, 3.8) is 0 Å². The van der Waals surface area contributed by atoms with Crippen LogP contribution in [0.4, 0.5) is 5.69 Å². The van der Waals surface area contributed by atoms with Crippen LogP contribution in [-0.4, -0.2) is 17.6 Å². The Balaban J connectivity index is 2.32. The molecule has 0 radical (unpaired) electrons. The van der Waals surface area contributed by atoms with Crippen molar-refractivity contribution in [3.05, 3.63) is 23.8 Å². The molecule has 4 nitrogen and oxygen atoms in total. The van der Waals surface area contributed by atoms with Crippen molar-refractivity contribution in [2.75, 3.05) is 5.32 Å². The molecule has 0 aliphatic carbocycles. The molecule has 0 saturated heterocycles. The van der Waals surface area contributed by atoms with Gasteiger partial charge in [0.25, 0.3) is 0 Å². The Morgan fingerprint density at radius 2 is 2.38 bits per heavy atom. The van der Waals surface area contributed by atoms with Gasteiger partial charge in [-0.3, -0.25) is 10.1 Å². The highest BCUT2D eigenvalue weighted by Crippen LogP contribution is 2.24. The molecule has 1 aliphatic rings. The number of benzene rings is 1. The average molecular weight is 178 g/mol. The standard InChI is InChI=1S/C9H10N2O2/c12-5-9-10-4-6-1-2-7(13)3-8(6)11-9/h1-3,5,9-11,13H,4H2.